The number of pyridine rings is 4. The Labute approximate surface area is 240 Å². The van der Waals surface area contributed by atoms with Gasteiger partial charge in [0.05, 0.1) is 28.7 Å². The van der Waals surface area contributed by atoms with Crippen LogP contribution < -0.4 is 11.1 Å². The van der Waals surface area contributed by atoms with Gasteiger partial charge in [-0.1, -0.05) is 49.9 Å². The minimum atomic E-state index is -0.243. The number of H-pyrrole nitrogens is 1. The summed E-state index contributed by atoms with van der Waals surface area (Å²) in [5.41, 5.74) is 4.34. The molecule has 0 saturated carbocycles. The zero-order chi connectivity index (χ0) is 28.0. The fourth-order valence-electron chi connectivity index (χ4n) is 4.34. The highest BCUT2D eigenvalue weighted by molar-refractivity contribution is 5.90. The summed E-state index contributed by atoms with van der Waals surface area (Å²) in [5.74, 6) is 0. The summed E-state index contributed by atoms with van der Waals surface area (Å²) in [6, 6.07) is 27.9. The van der Waals surface area contributed by atoms with Crippen molar-refractivity contribution in [2.24, 2.45) is 0 Å². The molecule has 0 unspecified atom stereocenters. The maximum Gasteiger partial charge on any atom is 0.276 e. The minimum Gasteiger partial charge on any atom is -0.267 e. The first kappa shape index (κ1) is 27.7. The van der Waals surface area contributed by atoms with Gasteiger partial charge >= 0.3 is 0 Å². The molecule has 7 rings (SSSR count). The van der Waals surface area contributed by atoms with Crippen LogP contribution in [0.4, 0.5) is 0 Å². The molecule has 0 spiro atoms. The summed E-state index contributed by atoms with van der Waals surface area (Å²) in [4.78, 5) is 41.5. The van der Waals surface area contributed by atoms with Crippen molar-refractivity contribution in [3.8, 4) is 22.8 Å². The molecule has 10 nitrogen and oxygen atoms in total. The van der Waals surface area contributed by atoms with Crippen LogP contribution in [0.3, 0.4) is 0 Å². The molecule has 6 heterocycles. The summed E-state index contributed by atoms with van der Waals surface area (Å²) in [5, 5.41) is 12.1. The Balaban J connectivity index is 0.000000173. The van der Waals surface area contributed by atoms with Crippen LogP contribution >= 0.6 is 0 Å². The van der Waals surface area contributed by atoms with Gasteiger partial charge in [0.1, 0.15) is 22.4 Å². The Morgan fingerprint density at radius 2 is 1.17 bits per heavy atom. The second-order valence-electron chi connectivity index (χ2n) is 8.93. The highest BCUT2D eigenvalue weighted by Gasteiger charge is 2.14. The average molecular weight is 555 g/mol. The summed E-state index contributed by atoms with van der Waals surface area (Å²) >= 11 is 0. The van der Waals surface area contributed by atoms with Gasteiger partial charge in [0, 0.05) is 24.8 Å². The molecule has 1 aromatic carbocycles. The molecular weight excluding hydrogens is 528 g/mol. The number of benzene rings is 1. The van der Waals surface area contributed by atoms with E-state index in [0.717, 1.165) is 5.56 Å². The van der Waals surface area contributed by atoms with Gasteiger partial charge in [0.2, 0.25) is 0 Å². The highest BCUT2D eigenvalue weighted by atomic mass is 16.1. The lowest BCUT2D eigenvalue weighted by atomic mass is 10.2. The molecule has 10 heteroatoms. The van der Waals surface area contributed by atoms with Gasteiger partial charge in [-0.15, -0.1) is 0 Å². The zero-order valence-corrected chi connectivity index (χ0v) is 21.6. The highest BCUT2D eigenvalue weighted by Crippen LogP contribution is 2.21. The number of aromatic nitrogens is 8. The van der Waals surface area contributed by atoms with Crippen molar-refractivity contribution in [1.82, 2.24) is 39.9 Å². The SMILES string of the molecule is C.O=c1[nH]nc(-c2ccccn2)c2ncccc12.O=c1c2cccnc2c(-c2ccccn2)nn1Cc1ccccc1. The number of rotatable bonds is 4. The van der Waals surface area contributed by atoms with E-state index in [0.29, 0.717) is 51.1 Å². The van der Waals surface area contributed by atoms with Gasteiger partial charge in [-0.3, -0.25) is 29.5 Å². The predicted octanol–water partition coefficient (Wildman–Crippen LogP) is 4.92. The molecule has 0 radical (unpaired) electrons. The van der Waals surface area contributed by atoms with E-state index in [4.69, 9.17) is 0 Å². The van der Waals surface area contributed by atoms with Gasteiger partial charge < -0.3 is 0 Å². The lowest BCUT2D eigenvalue weighted by molar-refractivity contribution is 0.649. The largest absolute Gasteiger partial charge is 0.276 e. The van der Waals surface area contributed by atoms with Crippen LogP contribution in [0.25, 0.3) is 44.6 Å². The normalized spacial score (nSPS) is 10.5. The first-order chi connectivity index (χ1) is 20.2. The van der Waals surface area contributed by atoms with E-state index in [2.05, 4.69) is 35.2 Å². The lowest BCUT2D eigenvalue weighted by Gasteiger charge is -2.10. The van der Waals surface area contributed by atoms with Crippen LogP contribution in [0.2, 0.25) is 0 Å². The summed E-state index contributed by atoms with van der Waals surface area (Å²) in [6.07, 6.45) is 6.68. The van der Waals surface area contributed by atoms with Crippen LogP contribution in [0.15, 0.2) is 125 Å². The molecule has 0 fully saturated rings. The van der Waals surface area contributed by atoms with Crippen LogP contribution in [0, 0.1) is 0 Å². The standard InChI is InChI=1S/C19H14N4O.C12H8N4O.CH4/c24-19-15-9-6-12-21-17(15)18(16-10-4-5-11-20-16)22-23(19)13-14-7-2-1-3-8-14;17-12-8-4-3-7-14-10(8)11(15-16-12)9-5-1-2-6-13-9;/h1-12H,13H2;1-7H,(H,16,17);1H4. The third kappa shape index (κ3) is 5.68. The molecule has 0 bridgehead atoms. The van der Waals surface area contributed by atoms with E-state index in [9.17, 15) is 9.59 Å². The second kappa shape index (κ2) is 12.5. The summed E-state index contributed by atoms with van der Waals surface area (Å²) < 4.78 is 1.48. The second-order valence-corrected chi connectivity index (χ2v) is 8.93. The van der Waals surface area contributed by atoms with Gasteiger partial charge in [0.25, 0.3) is 11.1 Å². The number of nitrogens with one attached hydrogen (secondary N) is 1. The molecule has 0 atom stereocenters. The summed E-state index contributed by atoms with van der Waals surface area (Å²) in [7, 11) is 0. The van der Waals surface area contributed by atoms with E-state index in [1.807, 2.05) is 66.7 Å². The molecule has 206 valence electrons. The quantitative estimate of drug-likeness (QED) is 0.324. The van der Waals surface area contributed by atoms with Crippen LogP contribution in [0.1, 0.15) is 13.0 Å². The van der Waals surface area contributed by atoms with Crippen LogP contribution in [-0.2, 0) is 6.54 Å². The molecule has 0 aliphatic heterocycles. The van der Waals surface area contributed by atoms with Crippen LogP contribution in [-0.4, -0.2) is 39.9 Å². The minimum absolute atomic E-state index is 0. The first-order valence-corrected chi connectivity index (χ1v) is 12.7. The van der Waals surface area contributed by atoms with E-state index in [1.54, 1.807) is 49.1 Å². The Morgan fingerprint density at radius 1 is 0.595 bits per heavy atom. The van der Waals surface area contributed by atoms with Crippen molar-refractivity contribution in [1.29, 1.82) is 0 Å². The van der Waals surface area contributed by atoms with Gasteiger partial charge in [-0.05, 0) is 54.1 Å². The topological polar surface area (TPSA) is 132 Å². The van der Waals surface area contributed by atoms with E-state index in [-0.39, 0.29) is 18.5 Å². The van der Waals surface area contributed by atoms with Gasteiger partial charge in [0.15, 0.2) is 0 Å². The van der Waals surface area contributed by atoms with Crippen molar-refractivity contribution < 1.29 is 0 Å². The smallest absolute Gasteiger partial charge is 0.267 e. The van der Waals surface area contributed by atoms with Crippen molar-refractivity contribution in [2.45, 2.75) is 14.0 Å². The van der Waals surface area contributed by atoms with Crippen molar-refractivity contribution in [3.05, 3.63) is 142 Å². The zero-order valence-electron chi connectivity index (χ0n) is 21.6. The monoisotopic (exact) mass is 554 g/mol. The Hall–Kier alpha value is -5.90. The molecule has 7 aromatic rings. The van der Waals surface area contributed by atoms with E-state index in [1.165, 1.54) is 4.68 Å². The Morgan fingerprint density at radius 3 is 1.81 bits per heavy atom. The molecule has 6 aromatic heterocycles. The van der Waals surface area contributed by atoms with Crippen LogP contribution in [0.5, 0.6) is 0 Å². The number of hydrogen-bond donors (Lipinski definition) is 1. The molecule has 0 aliphatic rings. The number of hydrogen-bond acceptors (Lipinski definition) is 8. The summed E-state index contributed by atoms with van der Waals surface area (Å²) in [6.45, 7) is 0.407. The van der Waals surface area contributed by atoms with Crippen molar-refractivity contribution in [3.63, 3.8) is 0 Å². The number of nitrogens with zero attached hydrogens (tertiary/aromatic N) is 7. The van der Waals surface area contributed by atoms with Gasteiger partial charge in [-0.2, -0.15) is 10.2 Å². The predicted molar refractivity (Wildman–Crippen MR) is 163 cm³/mol. The maximum atomic E-state index is 12.8. The Kier molecular flexibility index (Phi) is 8.24. The number of fused-ring (bicyclic) bond motifs is 2. The van der Waals surface area contributed by atoms with Crippen molar-refractivity contribution in [2.75, 3.05) is 0 Å². The molecule has 0 aliphatic carbocycles. The fourth-order valence-corrected chi connectivity index (χ4v) is 4.34. The maximum absolute atomic E-state index is 12.8. The Bertz CT molecular complexity index is 2060. The number of aromatic amines is 1. The first-order valence-electron chi connectivity index (χ1n) is 12.7. The molecule has 0 amide bonds. The third-order valence-electron chi connectivity index (χ3n) is 6.25. The fraction of sp³-hybridized carbons (Fsp3) is 0.0625. The van der Waals surface area contributed by atoms with Crippen molar-refractivity contribution >= 4 is 21.8 Å². The third-order valence-corrected chi connectivity index (χ3v) is 6.25. The van der Waals surface area contributed by atoms with Gasteiger partial charge in [-0.25, -0.2) is 9.78 Å². The molecule has 0 saturated heterocycles. The molecule has 42 heavy (non-hydrogen) atoms. The average Bonchev–Trinajstić information content (AvgIpc) is 3.04. The molecular formula is C32H26N8O2. The van der Waals surface area contributed by atoms with E-state index >= 15 is 0 Å². The van der Waals surface area contributed by atoms with E-state index < -0.39 is 0 Å². The lowest BCUT2D eigenvalue weighted by Crippen LogP contribution is -2.24. The molecule has 1 N–H and O–H groups in total.